The smallest absolute Gasteiger partial charge is 0.253 e. The van der Waals surface area contributed by atoms with Gasteiger partial charge in [0.2, 0.25) is 0 Å². The molecular weight excluding hydrogens is 378 g/mol. The van der Waals surface area contributed by atoms with Crippen molar-refractivity contribution in [3.63, 3.8) is 0 Å². The molecule has 0 aliphatic carbocycles. The quantitative estimate of drug-likeness (QED) is 0.853. The molecular formula is C21H24ClN3O3. The van der Waals surface area contributed by atoms with E-state index in [1.807, 2.05) is 54.4 Å². The van der Waals surface area contributed by atoms with Gasteiger partial charge in [0.05, 0.1) is 18.2 Å². The first-order valence-corrected chi connectivity index (χ1v) is 9.28. The zero-order valence-corrected chi connectivity index (χ0v) is 16.6. The van der Waals surface area contributed by atoms with Crippen LogP contribution in [0.25, 0.3) is 6.08 Å². The van der Waals surface area contributed by atoms with Gasteiger partial charge in [0.1, 0.15) is 6.61 Å². The zero-order chi connectivity index (χ0) is 18.6. The van der Waals surface area contributed by atoms with Crippen molar-refractivity contribution in [1.29, 1.82) is 0 Å². The molecule has 1 atom stereocenters. The normalized spacial score (nSPS) is 18.2. The number of hydrogen-bond donors (Lipinski definition) is 1. The lowest BCUT2D eigenvalue weighted by atomic mass is 10.0. The molecule has 7 heteroatoms. The van der Waals surface area contributed by atoms with Gasteiger partial charge in [0.15, 0.2) is 11.5 Å². The highest BCUT2D eigenvalue weighted by atomic mass is 35.5. The molecule has 4 rings (SSSR count). The van der Waals surface area contributed by atoms with E-state index in [0.717, 1.165) is 24.2 Å². The van der Waals surface area contributed by atoms with Gasteiger partial charge in [-0.15, -0.1) is 12.4 Å². The van der Waals surface area contributed by atoms with Crippen LogP contribution in [0.3, 0.4) is 0 Å². The average molecular weight is 402 g/mol. The second kappa shape index (κ2) is 9.08. The third-order valence-electron chi connectivity index (χ3n) is 4.86. The van der Waals surface area contributed by atoms with Crippen molar-refractivity contribution in [2.45, 2.75) is 13.0 Å². The molecule has 2 aliphatic heterocycles. The van der Waals surface area contributed by atoms with E-state index in [0.29, 0.717) is 30.2 Å². The summed E-state index contributed by atoms with van der Waals surface area (Å²) in [6.07, 6.45) is 5.50. The molecule has 2 aromatic rings. The molecule has 2 aliphatic rings. The van der Waals surface area contributed by atoms with Crippen LogP contribution in [0.15, 0.2) is 48.3 Å². The maximum atomic E-state index is 13.3. The monoisotopic (exact) mass is 401 g/mol. The molecule has 1 fully saturated rings. The van der Waals surface area contributed by atoms with E-state index in [1.165, 1.54) is 0 Å². The summed E-state index contributed by atoms with van der Waals surface area (Å²) in [7, 11) is 0. The summed E-state index contributed by atoms with van der Waals surface area (Å²) in [5, 5.41) is 3.37. The number of carbonyl (C=O) groups is 1. The number of nitrogens with zero attached hydrogens (tertiary/aromatic N) is 2. The third kappa shape index (κ3) is 3.98. The topological polar surface area (TPSA) is 63.7 Å². The van der Waals surface area contributed by atoms with E-state index in [4.69, 9.17) is 9.47 Å². The molecule has 1 aromatic carbocycles. The minimum atomic E-state index is -0.0306. The minimum Gasteiger partial charge on any atom is -0.490 e. The van der Waals surface area contributed by atoms with Gasteiger partial charge in [-0.2, -0.15) is 0 Å². The average Bonchev–Trinajstić information content (AvgIpc) is 2.74. The number of para-hydroxylation sites is 1. The molecule has 1 amide bonds. The highest BCUT2D eigenvalue weighted by molar-refractivity contribution is 5.99. The Morgan fingerprint density at radius 3 is 3.04 bits per heavy atom. The molecule has 3 heterocycles. The van der Waals surface area contributed by atoms with Crippen molar-refractivity contribution in [3.8, 4) is 11.5 Å². The zero-order valence-electron chi connectivity index (χ0n) is 15.8. The highest BCUT2D eigenvalue weighted by Gasteiger charge is 2.31. The molecule has 6 nitrogen and oxygen atoms in total. The van der Waals surface area contributed by atoms with Gasteiger partial charge in [-0.05, 0) is 30.7 Å². The Bertz CT molecular complexity index is 857. The number of nitrogens with one attached hydrogen (secondary N) is 1. The minimum absolute atomic E-state index is 0. The Hall–Kier alpha value is -2.57. The number of halogens is 1. The fraction of sp³-hybridized carbons (Fsp3) is 0.333. The van der Waals surface area contributed by atoms with E-state index >= 15 is 0 Å². The Labute approximate surface area is 171 Å². The Morgan fingerprint density at radius 2 is 2.25 bits per heavy atom. The lowest BCUT2D eigenvalue weighted by Crippen LogP contribution is -2.49. The van der Waals surface area contributed by atoms with Crippen LogP contribution in [0, 0.1) is 0 Å². The number of pyridine rings is 1. The van der Waals surface area contributed by atoms with Crippen LogP contribution in [-0.4, -0.2) is 48.6 Å². The summed E-state index contributed by atoms with van der Waals surface area (Å²) in [5.41, 5.74) is 2.57. The Kier molecular flexibility index (Phi) is 6.54. The SMILES string of the molecule is CCOc1cccc2c1OCC(C(=O)N1CCNCC1c1cccnc1)=C2.Cl. The summed E-state index contributed by atoms with van der Waals surface area (Å²) in [6.45, 7) is 4.92. The first kappa shape index (κ1) is 20.2. The van der Waals surface area contributed by atoms with Crippen LogP contribution in [0.4, 0.5) is 0 Å². The molecule has 28 heavy (non-hydrogen) atoms. The van der Waals surface area contributed by atoms with Crippen molar-refractivity contribution in [2.24, 2.45) is 0 Å². The van der Waals surface area contributed by atoms with Crippen LogP contribution in [0.5, 0.6) is 11.5 Å². The van der Waals surface area contributed by atoms with E-state index in [9.17, 15) is 4.79 Å². The van der Waals surface area contributed by atoms with Gasteiger partial charge in [-0.3, -0.25) is 9.78 Å². The number of hydrogen-bond acceptors (Lipinski definition) is 5. The van der Waals surface area contributed by atoms with Crippen molar-refractivity contribution in [3.05, 3.63) is 59.4 Å². The van der Waals surface area contributed by atoms with Gasteiger partial charge >= 0.3 is 0 Å². The van der Waals surface area contributed by atoms with Crippen LogP contribution in [0.1, 0.15) is 24.1 Å². The molecule has 0 saturated carbocycles. The van der Waals surface area contributed by atoms with E-state index in [2.05, 4.69) is 10.3 Å². The predicted molar refractivity (Wildman–Crippen MR) is 110 cm³/mol. The molecule has 0 radical (unpaired) electrons. The number of aromatic nitrogens is 1. The molecule has 1 aromatic heterocycles. The molecule has 1 N–H and O–H groups in total. The summed E-state index contributed by atoms with van der Waals surface area (Å²) in [5.74, 6) is 1.44. The van der Waals surface area contributed by atoms with E-state index in [-0.39, 0.29) is 31.0 Å². The van der Waals surface area contributed by atoms with Crippen LogP contribution >= 0.6 is 12.4 Å². The van der Waals surface area contributed by atoms with Gasteiger partial charge in [-0.1, -0.05) is 18.2 Å². The second-order valence-corrected chi connectivity index (χ2v) is 6.57. The summed E-state index contributed by atoms with van der Waals surface area (Å²) < 4.78 is 11.5. The lowest BCUT2D eigenvalue weighted by Gasteiger charge is -2.37. The molecule has 1 unspecified atom stereocenters. The summed E-state index contributed by atoms with van der Waals surface area (Å²) in [4.78, 5) is 19.4. The maximum absolute atomic E-state index is 13.3. The number of carbonyl (C=O) groups excluding carboxylic acids is 1. The third-order valence-corrected chi connectivity index (χ3v) is 4.86. The van der Waals surface area contributed by atoms with Gasteiger partial charge in [0.25, 0.3) is 5.91 Å². The molecule has 1 saturated heterocycles. The number of amides is 1. The first-order chi connectivity index (χ1) is 13.3. The fourth-order valence-electron chi connectivity index (χ4n) is 3.58. The maximum Gasteiger partial charge on any atom is 0.253 e. The number of fused-ring (bicyclic) bond motifs is 1. The van der Waals surface area contributed by atoms with Crippen LogP contribution in [-0.2, 0) is 4.79 Å². The van der Waals surface area contributed by atoms with Crippen molar-refractivity contribution >= 4 is 24.4 Å². The van der Waals surface area contributed by atoms with Crippen molar-refractivity contribution < 1.29 is 14.3 Å². The Balaban J connectivity index is 0.00000225. The number of piperazine rings is 1. The standard InChI is InChI=1S/C21H23N3O3.ClH/c1-2-26-19-7-3-5-15-11-17(14-27-20(15)19)21(25)24-10-9-23-13-18(24)16-6-4-8-22-12-16;/h3-8,11-12,18,23H,2,9-10,13-14H2,1H3;1H. The Morgan fingerprint density at radius 1 is 1.36 bits per heavy atom. The summed E-state index contributed by atoms with van der Waals surface area (Å²) in [6, 6.07) is 9.64. The van der Waals surface area contributed by atoms with Crippen LogP contribution < -0.4 is 14.8 Å². The summed E-state index contributed by atoms with van der Waals surface area (Å²) >= 11 is 0. The van der Waals surface area contributed by atoms with Crippen LogP contribution in [0.2, 0.25) is 0 Å². The van der Waals surface area contributed by atoms with Gasteiger partial charge in [0, 0.05) is 37.6 Å². The van der Waals surface area contributed by atoms with Gasteiger partial charge < -0.3 is 19.7 Å². The predicted octanol–water partition coefficient (Wildman–Crippen LogP) is 2.85. The van der Waals surface area contributed by atoms with E-state index in [1.54, 1.807) is 6.20 Å². The fourth-order valence-corrected chi connectivity index (χ4v) is 3.58. The molecule has 0 bridgehead atoms. The largest absolute Gasteiger partial charge is 0.490 e. The molecule has 148 valence electrons. The number of ether oxygens (including phenoxy) is 2. The highest BCUT2D eigenvalue weighted by Crippen LogP contribution is 2.36. The lowest BCUT2D eigenvalue weighted by molar-refractivity contribution is -0.130. The van der Waals surface area contributed by atoms with Crippen molar-refractivity contribution in [2.75, 3.05) is 32.8 Å². The van der Waals surface area contributed by atoms with Gasteiger partial charge in [-0.25, -0.2) is 0 Å². The van der Waals surface area contributed by atoms with E-state index < -0.39 is 0 Å². The molecule has 0 spiro atoms. The second-order valence-electron chi connectivity index (χ2n) is 6.57. The number of rotatable bonds is 4. The number of benzene rings is 1. The van der Waals surface area contributed by atoms with Crippen molar-refractivity contribution in [1.82, 2.24) is 15.2 Å². The first-order valence-electron chi connectivity index (χ1n) is 9.28.